The summed E-state index contributed by atoms with van der Waals surface area (Å²) in [6, 6.07) is 0. The molecule has 0 N–H and O–H groups in total. The fourth-order valence-corrected chi connectivity index (χ4v) is 0.901. The van der Waals surface area contributed by atoms with E-state index in [0.717, 1.165) is 13.1 Å². The van der Waals surface area contributed by atoms with Gasteiger partial charge in [0.05, 0.1) is 0 Å². The van der Waals surface area contributed by atoms with Crippen LogP contribution < -0.4 is 0 Å². The predicted octanol–water partition coefficient (Wildman–Crippen LogP) is 1.21. The summed E-state index contributed by atoms with van der Waals surface area (Å²) in [6.07, 6.45) is 0.778. The summed E-state index contributed by atoms with van der Waals surface area (Å²) in [5, 5.41) is 0. The van der Waals surface area contributed by atoms with Crippen LogP contribution in [0.2, 0.25) is 0 Å². The van der Waals surface area contributed by atoms with Crippen molar-refractivity contribution in [3.8, 4) is 0 Å². The average Bonchev–Trinajstić information content (AvgIpc) is 1.77. The van der Waals surface area contributed by atoms with E-state index < -0.39 is 6.17 Å². The summed E-state index contributed by atoms with van der Waals surface area (Å²) >= 11 is 0. The van der Waals surface area contributed by atoms with Crippen molar-refractivity contribution in [3.05, 3.63) is 7.05 Å². The first-order chi connectivity index (χ1) is 3.79. The van der Waals surface area contributed by atoms with Gasteiger partial charge in [0.25, 0.3) is 0 Å². The van der Waals surface area contributed by atoms with Gasteiger partial charge in [0, 0.05) is 20.1 Å². The smallest absolute Gasteiger partial charge is 0.103 e. The molecule has 0 unspecified atom stereocenters. The zero-order valence-corrected chi connectivity index (χ0v) is 4.94. The van der Waals surface area contributed by atoms with E-state index in [2.05, 4.69) is 7.05 Å². The molecule has 47 valence electrons. The first kappa shape index (κ1) is 6.02. The molecule has 1 fully saturated rings. The maximum Gasteiger partial charge on any atom is 0.103 e. The Hall–Kier alpha value is -0.110. The lowest BCUT2D eigenvalue weighted by molar-refractivity contribution is 0.188. The van der Waals surface area contributed by atoms with E-state index in [9.17, 15) is 4.39 Å². The van der Waals surface area contributed by atoms with Gasteiger partial charge in [-0.2, -0.15) is 0 Å². The Bertz CT molecular complexity index is 56.9. The van der Waals surface area contributed by atoms with Crippen LogP contribution in [-0.4, -0.2) is 24.2 Å². The molecule has 1 aliphatic heterocycles. The van der Waals surface area contributed by atoms with Gasteiger partial charge in [0.2, 0.25) is 0 Å². The molecule has 1 heterocycles. The summed E-state index contributed by atoms with van der Waals surface area (Å²) < 4.78 is 12.3. The Kier molecular flexibility index (Phi) is 1.84. The van der Waals surface area contributed by atoms with Crippen LogP contribution in [-0.2, 0) is 0 Å². The van der Waals surface area contributed by atoms with Crippen molar-refractivity contribution < 1.29 is 4.39 Å². The summed E-state index contributed by atoms with van der Waals surface area (Å²) in [7, 11) is 3.70. The third kappa shape index (κ3) is 1.44. The Labute approximate surface area is 49.5 Å². The first-order valence-electron chi connectivity index (χ1n) is 2.98. The minimum Gasteiger partial charge on any atom is -0.302 e. The van der Waals surface area contributed by atoms with Crippen molar-refractivity contribution in [3.63, 3.8) is 0 Å². The maximum absolute atomic E-state index is 12.3. The highest BCUT2D eigenvalue weighted by atomic mass is 19.1. The second-order valence-electron chi connectivity index (χ2n) is 2.29. The van der Waals surface area contributed by atoms with Crippen molar-refractivity contribution >= 4 is 0 Å². The zero-order valence-electron chi connectivity index (χ0n) is 4.94. The topological polar surface area (TPSA) is 3.24 Å². The van der Waals surface area contributed by atoms with Gasteiger partial charge in [-0.25, -0.2) is 4.39 Å². The SMILES string of the molecule is [CH2]N1CCC(F)CC1. The minimum absolute atomic E-state index is 0.562. The van der Waals surface area contributed by atoms with Crippen LogP contribution in [0.1, 0.15) is 12.8 Å². The molecule has 1 rings (SSSR count). The molecular weight excluding hydrogens is 105 g/mol. The lowest BCUT2D eigenvalue weighted by Gasteiger charge is -2.23. The molecule has 8 heavy (non-hydrogen) atoms. The largest absolute Gasteiger partial charge is 0.302 e. The molecule has 1 saturated heterocycles. The van der Waals surface area contributed by atoms with Crippen LogP contribution in [0, 0.1) is 7.05 Å². The van der Waals surface area contributed by atoms with Gasteiger partial charge < -0.3 is 4.90 Å². The summed E-state index contributed by atoms with van der Waals surface area (Å²) in [5.41, 5.74) is 0. The molecule has 1 radical (unpaired) electrons. The summed E-state index contributed by atoms with van der Waals surface area (Å²) in [5.74, 6) is 0. The Morgan fingerprint density at radius 2 is 1.88 bits per heavy atom. The van der Waals surface area contributed by atoms with Crippen LogP contribution in [0.5, 0.6) is 0 Å². The first-order valence-corrected chi connectivity index (χ1v) is 2.98. The van der Waals surface area contributed by atoms with E-state index in [-0.39, 0.29) is 0 Å². The Morgan fingerprint density at radius 3 is 2.25 bits per heavy atom. The van der Waals surface area contributed by atoms with Gasteiger partial charge >= 0.3 is 0 Å². The highest BCUT2D eigenvalue weighted by Crippen LogP contribution is 2.11. The molecule has 0 bridgehead atoms. The van der Waals surface area contributed by atoms with E-state index in [0.29, 0.717) is 12.8 Å². The van der Waals surface area contributed by atoms with Crippen LogP contribution in [0.15, 0.2) is 0 Å². The van der Waals surface area contributed by atoms with Crippen molar-refractivity contribution in [2.75, 3.05) is 13.1 Å². The predicted molar refractivity (Wildman–Crippen MR) is 31.1 cm³/mol. The number of alkyl halides is 1. The van der Waals surface area contributed by atoms with Gasteiger partial charge in [0.1, 0.15) is 6.17 Å². The number of likely N-dealkylation sites (tertiary alicyclic amines) is 1. The lowest BCUT2D eigenvalue weighted by atomic mass is 10.1. The summed E-state index contributed by atoms with van der Waals surface area (Å²) in [6.45, 7) is 1.64. The molecule has 1 aliphatic rings. The molecule has 0 atom stereocenters. The maximum atomic E-state index is 12.3. The monoisotopic (exact) mass is 116 g/mol. The number of hydrogen-bond acceptors (Lipinski definition) is 1. The number of rotatable bonds is 0. The molecule has 0 aromatic heterocycles. The standard InChI is InChI=1S/C6H11FN/c1-8-4-2-6(7)3-5-8/h6H,1-5H2. The molecule has 1 nitrogen and oxygen atoms in total. The van der Waals surface area contributed by atoms with E-state index >= 15 is 0 Å². The van der Waals surface area contributed by atoms with Crippen LogP contribution in [0.3, 0.4) is 0 Å². The van der Waals surface area contributed by atoms with E-state index in [1.54, 1.807) is 0 Å². The normalized spacial score (nSPS) is 26.2. The lowest BCUT2D eigenvalue weighted by Crippen LogP contribution is -2.29. The second kappa shape index (κ2) is 2.44. The fraction of sp³-hybridized carbons (Fsp3) is 0.833. The van der Waals surface area contributed by atoms with E-state index in [1.807, 2.05) is 4.90 Å². The molecule has 0 aromatic carbocycles. The number of hydrogen-bond donors (Lipinski definition) is 0. The Balaban J connectivity index is 2.19. The van der Waals surface area contributed by atoms with Crippen molar-refractivity contribution in [1.29, 1.82) is 0 Å². The van der Waals surface area contributed by atoms with Gasteiger partial charge in [0.15, 0.2) is 0 Å². The van der Waals surface area contributed by atoms with Gasteiger partial charge in [-0.15, -0.1) is 0 Å². The average molecular weight is 116 g/mol. The van der Waals surface area contributed by atoms with Crippen molar-refractivity contribution in [2.24, 2.45) is 0 Å². The highest BCUT2D eigenvalue weighted by Gasteiger charge is 2.14. The number of piperidine rings is 1. The van der Waals surface area contributed by atoms with Gasteiger partial charge in [-0.3, -0.25) is 0 Å². The minimum atomic E-state index is -0.562. The third-order valence-electron chi connectivity index (χ3n) is 1.52. The highest BCUT2D eigenvalue weighted by molar-refractivity contribution is 4.69. The van der Waals surface area contributed by atoms with E-state index in [1.165, 1.54) is 0 Å². The molecule has 2 heteroatoms. The molecule has 0 aliphatic carbocycles. The molecule has 0 saturated carbocycles. The van der Waals surface area contributed by atoms with Gasteiger partial charge in [-0.1, -0.05) is 0 Å². The molecule has 0 spiro atoms. The quantitative estimate of drug-likeness (QED) is 0.460. The third-order valence-corrected chi connectivity index (χ3v) is 1.52. The molecule has 0 amide bonds. The fourth-order valence-electron chi connectivity index (χ4n) is 0.901. The van der Waals surface area contributed by atoms with Crippen LogP contribution in [0.25, 0.3) is 0 Å². The second-order valence-corrected chi connectivity index (χ2v) is 2.29. The zero-order chi connectivity index (χ0) is 5.98. The number of nitrogens with zero attached hydrogens (tertiary/aromatic N) is 1. The van der Waals surface area contributed by atoms with Crippen molar-refractivity contribution in [2.45, 2.75) is 19.0 Å². The van der Waals surface area contributed by atoms with Crippen LogP contribution >= 0.6 is 0 Å². The van der Waals surface area contributed by atoms with Crippen molar-refractivity contribution in [1.82, 2.24) is 4.90 Å². The number of halogens is 1. The molecule has 0 aromatic rings. The molecular formula is C6H11FN. The Morgan fingerprint density at radius 1 is 1.38 bits per heavy atom. The van der Waals surface area contributed by atoms with Crippen LogP contribution in [0.4, 0.5) is 4.39 Å². The summed E-state index contributed by atoms with van der Waals surface area (Å²) in [4.78, 5) is 1.91. The van der Waals surface area contributed by atoms with E-state index in [4.69, 9.17) is 0 Å². The van der Waals surface area contributed by atoms with Gasteiger partial charge in [-0.05, 0) is 12.8 Å².